The van der Waals surface area contributed by atoms with Crippen molar-refractivity contribution >= 4 is 32.3 Å². The molecule has 2 aliphatic heterocycles. The van der Waals surface area contributed by atoms with Crippen LogP contribution in [-0.2, 0) is 16.4 Å². The molecule has 0 aliphatic carbocycles. The summed E-state index contributed by atoms with van der Waals surface area (Å²) in [4.78, 5) is 14.3. The van der Waals surface area contributed by atoms with E-state index in [4.69, 9.17) is 0 Å². The second-order valence-electron chi connectivity index (χ2n) is 6.52. The van der Waals surface area contributed by atoms with E-state index in [1.807, 2.05) is 22.5 Å². The number of nitrogens with one attached hydrogen (secondary N) is 1. The van der Waals surface area contributed by atoms with Crippen molar-refractivity contribution < 1.29 is 13.2 Å². The van der Waals surface area contributed by atoms with Gasteiger partial charge in [0.2, 0.25) is 0 Å². The van der Waals surface area contributed by atoms with Gasteiger partial charge in [-0.2, -0.15) is 5.26 Å². The Kier molecular flexibility index (Phi) is 3.51. The van der Waals surface area contributed by atoms with E-state index in [1.165, 1.54) is 0 Å². The van der Waals surface area contributed by atoms with E-state index in [9.17, 15) is 18.5 Å². The molecule has 4 rings (SSSR count). The Hall–Kier alpha value is -2.53. The molecule has 0 spiro atoms. The van der Waals surface area contributed by atoms with Crippen LogP contribution in [0.1, 0.15) is 21.6 Å². The molecular formula is C17H18N4O3S. The molecule has 1 fully saturated rings. The van der Waals surface area contributed by atoms with E-state index in [-0.39, 0.29) is 17.4 Å². The number of hydrogen-bond donors (Lipinski definition) is 1. The minimum atomic E-state index is -2.99. The van der Waals surface area contributed by atoms with Crippen molar-refractivity contribution in [2.45, 2.75) is 13.5 Å². The fraction of sp³-hybridized carbons (Fsp3) is 0.412. The molecule has 1 N–H and O–H groups in total. The maximum Gasteiger partial charge on any atom is 0.268 e. The van der Waals surface area contributed by atoms with Gasteiger partial charge in [-0.05, 0) is 24.6 Å². The predicted octanol–water partition coefficient (Wildman–Crippen LogP) is 0.800. The largest absolute Gasteiger partial charge is 0.368 e. The smallest absolute Gasteiger partial charge is 0.268 e. The lowest BCUT2D eigenvalue weighted by Crippen LogP contribution is -2.41. The number of carbonyl (C=O) groups excluding carboxylic acids is 1. The van der Waals surface area contributed by atoms with Crippen molar-refractivity contribution in [1.29, 1.82) is 5.26 Å². The lowest BCUT2D eigenvalue weighted by Gasteiger charge is -2.30. The molecule has 0 saturated carbocycles. The Morgan fingerprint density at radius 2 is 1.92 bits per heavy atom. The minimum Gasteiger partial charge on any atom is -0.368 e. The molecule has 2 aliphatic rings. The van der Waals surface area contributed by atoms with Gasteiger partial charge in [-0.25, -0.2) is 8.42 Å². The fourth-order valence-electron chi connectivity index (χ4n) is 3.77. The number of hydrogen-bond acceptors (Lipinski definition) is 5. The molecule has 130 valence electrons. The Bertz CT molecular complexity index is 1030. The van der Waals surface area contributed by atoms with E-state index in [0.29, 0.717) is 37.4 Å². The van der Waals surface area contributed by atoms with Gasteiger partial charge in [0.05, 0.1) is 34.3 Å². The van der Waals surface area contributed by atoms with E-state index in [1.54, 1.807) is 6.07 Å². The minimum absolute atomic E-state index is 0.106. The Balaban J connectivity index is 1.96. The summed E-state index contributed by atoms with van der Waals surface area (Å²) < 4.78 is 25.5. The third kappa shape index (κ3) is 2.46. The Morgan fingerprint density at radius 3 is 2.60 bits per heavy atom. The maximum absolute atomic E-state index is 12.3. The number of benzene rings is 1. The molecular weight excluding hydrogens is 340 g/mol. The van der Waals surface area contributed by atoms with Gasteiger partial charge >= 0.3 is 0 Å². The van der Waals surface area contributed by atoms with Crippen LogP contribution in [0.15, 0.2) is 12.1 Å². The van der Waals surface area contributed by atoms with Crippen molar-refractivity contribution in [3.05, 3.63) is 29.0 Å². The van der Waals surface area contributed by atoms with Crippen LogP contribution in [0.25, 0.3) is 10.9 Å². The zero-order chi connectivity index (χ0) is 17.8. The number of nitrogens with zero attached hydrogens (tertiary/aromatic N) is 3. The molecule has 0 bridgehead atoms. The second kappa shape index (κ2) is 5.49. The van der Waals surface area contributed by atoms with Gasteiger partial charge in [-0.1, -0.05) is 0 Å². The molecule has 1 aromatic carbocycles. The number of aromatic nitrogens is 1. The van der Waals surface area contributed by atoms with Crippen LogP contribution >= 0.6 is 0 Å². The summed E-state index contributed by atoms with van der Waals surface area (Å²) in [6.07, 6.45) is 0. The van der Waals surface area contributed by atoms with Gasteiger partial charge in [0.1, 0.15) is 5.69 Å². The van der Waals surface area contributed by atoms with Crippen molar-refractivity contribution in [1.82, 2.24) is 9.88 Å². The van der Waals surface area contributed by atoms with Crippen LogP contribution in [0.2, 0.25) is 0 Å². The first-order valence-electron chi connectivity index (χ1n) is 8.22. The first-order valence-corrected chi connectivity index (χ1v) is 10.0. The van der Waals surface area contributed by atoms with Gasteiger partial charge in [0.15, 0.2) is 9.84 Å². The summed E-state index contributed by atoms with van der Waals surface area (Å²) >= 11 is 0. The standard InChI is InChI=1S/C17H18N4O3S/c1-11-13-8-12(10-18)9-14(20-4-6-25(23,24)7-5-20)16(13)21-3-2-19-17(22)15(11)21/h8-9H,2-7H2,1H3,(H,19,22). The first-order chi connectivity index (χ1) is 11.9. The molecule has 1 amide bonds. The number of sulfone groups is 1. The van der Waals surface area contributed by atoms with E-state index in [0.717, 1.165) is 22.2 Å². The van der Waals surface area contributed by atoms with Crippen molar-refractivity contribution in [3.8, 4) is 6.07 Å². The van der Waals surface area contributed by atoms with E-state index in [2.05, 4.69) is 11.4 Å². The van der Waals surface area contributed by atoms with Crippen LogP contribution in [-0.4, -0.2) is 50.0 Å². The number of rotatable bonds is 1. The molecule has 1 saturated heterocycles. The highest BCUT2D eigenvalue weighted by Gasteiger charge is 2.29. The third-order valence-electron chi connectivity index (χ3n) is 5.04. The summed E-state index contributed by atoms with van der Waals surface area (Å²) in [5, 5.41) is 13.1. The summed E-state index contributed by atoms with van der Waals surface area (Å²) in [6.45, 7) is 3.92. The van der Waals surface area contributed by atoms with Crippen molar-refractivity contribution in [2.75, 3.05) is 36.0 Å². The molecule has 0 atom stereocenters. The summed E-state index contributed by atoms with van der Waals surface area (Å²) in [5.41, 5.74) is 3.76. The Morgan fingerprint density at radius 1 is 1.20 bits per heavy atom. The van der Waals surface area contributed by atoms with Crippen molar-refractivity contribution in [3.63, 3.8) is 0 Å². The molecule has 7 nitrogen and oxygen atoms in total. The molecule has 3 heterocycles. The fourth-order valence-corrected chi connectivity index (χ4v) is 4.97. The van der Waals surface area contributed by atoms with Gasteiger partial charge in [-0.15, -0.1) is 0 Å². The average molecular weight is 358 g/mol. The molecule has 8 heteroatoms. The first kappa shape index (κ1) is 16.0. The number of fused-ring (bicyclic) bond motifs is 3. The highest BCUT2D eigenvalue weighted by Crippen LogP contribution is 2.36. The SMILES string of the molecule is Cc1c2n(c3c(N4CCS(=O)(=O)CC4)cc(C#N)cc13)CCNC2=O. The monoisotopic (exact) mass is 358 g/mol. The van der Waals surface area contributed by atoms with Crippen LogP contribution in [0.3, 0.4) is 0 Å². The van der Waals surface area contributed by atoms with Crippen LogP contribution < -0.4 is 10.2 Å². The van der Waals surface area contributed by atoms with E-state index >= 15 is 0 Å². The predicted molar refractivity (Wildman–Crippen MR) is 94.6 cm³/mol. The number of carbonyl (C=O) groups is 1. The van der Waals surface area contributed by atoms with Gasteiger partial charge in [0.25, 0.3) is 5.91 Å². The molecule has 2 aromatic rings. The lowest BCUT2D eigenvalue weighted by atomic mass is 10.1. The molecule has 1 aromatic heterocycles. The lowest BCUT2D eigenvalue weighted by molar-refractivity contribution is 0.0928. The zero-order valence-corrected chi connectivity index (χ0v) is 14.7. The van der Waals surface area contributed by atoms with Crippen LogP contribution in [0, 0.1) is 18.3 Å². The summed E-state index contributed by atoms with van der Waals surface area (Å²) in [7, 11) is -2.99. The highest BCUT2D eigenvalue weighted by atomic mass is 32.2. The molecule has 25 heavy (non-hydrogen) atoms. The molecule has 0 unspecified atom stereocenters. The van der Waals surface area contributed by atoms with Gasteiger partial charge in [0, 0.05) is 31.6 Å². The van der Waals surface area contributed by atoms with Crippen molar-refractivity contribution in [2.24, 2.45) is 0 Å². The quantitative estimate of drug-likeness (QED) is 0.814. The van der Waals surface area contributed by atoms with Gasteiger partial charge in [-0.3, -0.25) is 4.79 Å². The number of anilines is 1. The number of amides is 1. The average Bonchev–Trinajstić information content (AvgIpc) is 2.88. The maximum atomic E-state index is 12.3. The van der Waals surface area contributed by atoms with Gasteiger partial charge < -0.3 is 14.8 Å². The normalized spacial score (nSPS) is 19.4. The van der Waals surface area contributed by atoms with Crippen LogP contribution in [0.5, 0.6) is 0 Å². The summed E-state index contributed by atoms with van der Waals surface area (Å²) in [6, 6.07) is 5.80. The highest BCUT2D eigenvalue weighted by molar-refractivity contribution is 7.91. The third-order valence-corrected chi connectivity index (χ3v) is 6.65. The van der Waals surface area contributed by atoms with Crippen LogP contribution in [0.4, 0.5) is 5.69 Å². The Labute approximate surface area is 145 Å². The van der Waals surface area contributed by atoms with E-state index < -0.39 is 9.84 Å². The topological polar surface area (TPSA) is 95.2 Å². The number of nitriles is 1. The zero-order valence-electron chi connectivity index (χ0n) is 13.9. The second-order valence-corrected chi connectivity index (χ2v) is 8.83. The number of aryl methyl sites for hydroxylation is 1. The molecule has 0 radical (unpaired) electrons. The summed E-state index contributed by atoms with van der Waals surface area (Å²) in [5.74, 6) is 0.113.